The Kier molecular flexibility index (Phi) is 5.60. The van der Waals surface area contributed by atoms with Crippen molar-refractivity contribution < 1.29 is 12.6 Å². The second kappa shape index (κ2) is 7.90. The first-order valence-corrected chi connectivity index (χ1v) is 10.2. The van der Waals surface area contributed by atoms with Crippen LogP contribution in [-0.2, 0) is 22.6 Å². The molecule has 0 fully saturated rings. The highest BCUT2D eigenvalue weighted by Crippen LogP contribution is 2.28. The molecule has 0 atom stereocenters. The van der Waals surface area contributed by atoms with Gasteiger partial charge in [0.2, 0.25) is 0 Å². The Morgan fingerprint density at radius 1 is 1.19 bits per heavy atom. The van der Waals surface area contributed by atoms with Crippen molar-refractivity contribution in [3.63, 3.8) is 0 Å². The van der Waals surface area contributed by atoms with Crippen LogP contribution in [0.15, 0.2) is 60.0 Å². The van der Waals surface area contributed by atoms with E-state index in [9.17, 15) is 8.42 Å². The molecule has 1 heterocycles. The average molecular weight is 390 g/mol. The fourth-order valence-electron chi connectivity index (χ4n) is 2.42. The summed E-state index contributed by atoms with van der Waals surface area (Å²) < 4.78 is 28.6. The number of nitrogens with zero attached hydrogens (tertiary/aromatic N) is 3. The number of rotatable bonds is 7. The maximum absolute atomic E-state index is 11.0. The van der Waals surface area contributed by atoms with Crippen molar-refractivity contribution in [1.29, 1.82) is 0 Å². The van der Waals surface area contributed by atoms with Gasteiger partial charge >= 0.3 is 10.3 Å². The Labute approximate surface area is 156 Å². The highest BCUT2D eigenvalue weighted by Gasteiger charge is 2.09. The topological polar surface area (TPSA) is 100 Å². The summed E-state index contributed by atoms with van der Waals surface area (Å²) in [4.78, 5) is 4.97. The number of thioether (sulfide) groups is 1. The lowest BCUT2D eigenvalue weighted by Crippen LogP contribution is -2.19. The molecule has 0 amide bonds. The molecule has 2 aromatic carbocycles. The second-order valence-electron chi connectivity index (χ2n) is 5.71. The van der Waals surface area contributed by atoms with E-state index in [2.05, 4.69) is 28.3 Å². The van der Waals surface area contributed by atoms with Gasteiger partial charge in [0.1, 0.15) is 18.4 Å². The van der Waals surface area contributed by atoms with E-state index in [4.69, 9.17) is 9.32 Å². The molecule has 0 aliphatic heterocycles. The molecule has 3 aromatic rings. The zero-order valence-electron chi connectivity index (χ0n) is 14.1. The van der Waals surface area contributed by atoms with Gasteiger partial charge in [-0.2, -0.15) is 18.7 Å². The molecule has 0 unspecified atom stereocenters. The summed E-state index contributed by atoms with van der Waals surface area (Å²) in [6.45, 7) is 2.46. The standard InChI is InChI=1S/C17H18N4O3S2/c1-13-7-16(5-6-17(13)24-26(18,22)23)25-10-15-4-2-3-14(8-15)9-21-12-19-11-20-21/h2-8,11-12H,9-10H2,1H3,(H2,18,22,23). The van der Waals surface area contributed by atoms with E-state index in [0.717, 1.165) is 16.2 Å². The summed E-state index contributed by atoms with van der Waals surface area (Å²) >= 11 is 1.66. The van der Waals surface area contributed by atoms with Gasteiger partial charge < -0.3 is 4.18 Å². The maximum Gasteiger partial charge on any atom is 0.380 e. The Balaban J connectivity index is 1.64. The van der Waals surface area contributed by atoms with Gasteiger partial charge in [-0.3, -0.25) is 0 Å². The van der Waals surface area contributed by atoms with Crippen LogP contribution in [-0.4, -0.2) is 23.2 Å². The summed E-state index contributed by atoms with van der Waals surface area (Å²) in [5, 5.41) is 9.02. The predicted octanol–water partition coefficient (Wildman–Crippen LogP) is 2.51. The molecule has 0 spiro atoms. The Bertz CT molecular complexity index is 989. The van der Waals surface area contributed by atoms with Crippen molar-refractivity contribution in [3.8, 4) is 5.75 Å². The van der Waals surface area contributed by atoms with Gasteiger partial charge in [-0.1, -0.05) is 24.3 Å². The fourth-order valence-corrected chi connectivity index (χ4v) is 3.79. The van der Waals surface area contributed by atoms with Crippen LogP contribution in [0.1, 0.15) is 16.7 Å². The molecule has 0 aliphatic rings. The van der Waals surface area contributed by atoms with Crippen LogP contribution >= 0.6 is 11.8 Å². The first-order chi connectivity index (χ1) is 12.4. The number of hydrogen-bond acceptors (Lipinski definition) is 6. The normalized spacial score (nSPS) is 11.5. The van der Waals surface area contributed by atoms with Gasteiger partial charge in [0, 0.05) is 10.6 Å². The lowest BCUT2D eigenvalue weighted by Gasteiger charge is -2.09. The molecule has 7 nitrogen and oxygen atoms in total. The van der Waals surface area contributed by atoms with E-state index in [-0.39, 0.29) is 5.75 Å². The molecule has 136 valence electrons. The highest BCUT2D eigenvalue weighted by atomic mass is 32.2. The van der Waals surface area contributed by atoms with Crippen molar-refractivity contribution >= 4 is 22.1 Å². The van der Waals surface area contributed by atoms with Gasteiger partial charge in [0.15, 0.2) is 0 Å². The summed E-state index contributed by atoms with van der Waals surface area (Å²) in [6.07, 6.45) is 3.21. The van der Waals surface area contributed by atoms with Crippen LogP contribution in [0.5, 0.6) is 5.75 Å². The number of aromatic nitrogens is 3. The van der Waals surface area contributed by atoms with Gasteiger partial charge in [-0.15, -0.1) is 11.8 Å². The summed E-state index contributed by atoms with van der Waals surface area (Å²) in [7, 11) is -4.01. The largest absolute Gasteiger partial charge is 0.380 e. The van der Waals surface area contributed by atoms with Crippen LogP contribution in [0.25, 0.3) is 0 Å². The molecule has 0 saturated heterocycles. The predicted molar refractivity (Wildman–Crippen MR) is 100 cm³/mol. The van der Waals surface area contributed by atoms with E-state index in [0.29, 0.717) is 12.1 Å². The fraction of sp³-hybridized carbons (Fsp3) is 0.176. The molecule has 2 N–H and O–H groups in total. The minimum Gasteiger partial charge on any atom is -0.371 e. The molecular weight excluding hydrogens is 372 g/mol. The molecule has 3 rings (SSSR count). The molecule has 26 heavy (non-hydrogen) atoms. The van der Waals surface area contributed by atoms with Crippen LogP contribution in [0.2, 0.25) is 0 Å². The summed E-state index contributed by atoms with van der Waals surface area (Å²) in [5.74, 6) is 1.03. The number of benzene rings is 2. The summed E-state index contributed by atoms with van der Waals surface area (Å²) in [6, 6.07) is 13.6. The molecule has 1 aromatic heterocycles. The smallest absolute Gasteiger partial charge is 0.371 e. The number of aryl methyl sites for hydroxylation is 1. The van der Waals surface area contributed by atoms with Crippen LogP contribution in [0.3, 0.4) is 0 Å². The Morgan fingerprint density at radius 2 is 2.00 bits per heavy atom. The maximum atomic E-state index is 11.0. The van der Waals surface area contributed by atoms with Crippen molar-refractivity contribution in [1.82, 2.24) is 14.8 Å². The van der Waals surface area contributed by atoms with E-state index in [1.807, 2.05) is 18.2 Å². The second-order valence-corrected chi connectivity index (χ2v) is 7.91. The van der Waals surface area contributed by atoms with Gasteiger partial charge in [0.25, 0.3) is 0 Å². The van der Waals surface area contributed by atoms with Crippen molar-refractivity contribution in [2.24, 2.45) is 5.14 Å². The van der Waals surface area contributed by atoms with Gasteiger partial charge in [-0.25, -0.2) is 9.67 Å². The van der Waals surface area contributed by atoms with E-state index < -0.39 is 10.3 Å². The van der Waals surface area contributed by atoms with Crippen LogP contribution in [0, 0.1) is 6.92 Å². The molecule has 0 radical (unpaired) electrons. The number of hydrogen-bond donors (Lipinski definition) is 1. The van der Waals surface area contributed by atoms with Gasteiger partial charge in [-0.05, 0) is 41.8 Å². The monoisotopic (exact) mass is 390 g/mol. The minimum absolute atomic E-state index is 0.242. The third-order valence-corrected chi connectivity index (χ3v) is 5.04. The van der Waals surface area contributed by atoms with E-state index in [1.54, 1.807) is 35.8 Å². The van der Waals surface area contributed by atoms with E-state index in [1.165, 1.54) is 11.9 Å². The Morgan fingerprint density at radius 3 is 2.69 bits per heavy atom. The van der Waals surface area contributed by atoms with Crippen molar-refractivity contribution in [2.45, 2.75) is 24.1 Å². The third kappa shape index (κ3) is 5.32. The molecule has 0 saturated carbocycles. The first-order valence-electron chi connectivity index (χ1n) is 7.75. The van der Waals surface area contributed by atoms with Gasteiger partial charge in [0.05, 0.1) is 6.54 Å². The van der Waals surface area contributed by atoms with Crippen LogP contribution < -0.4 is 9.32 Å². The van der Waals surface area contributed by atoms with Crippen molar-refractivity contribution in [3.05, 3.63) is 71.8 Å². The molecular formula is C17H18N4O3S2. The van der Waals surface area contributed by atoms with Crippen molar-refractivity contribution in [2.75, 3.05) is 0 Å². The zero-order valence-corrected chi connectivity index (χ0v) is 15.7. The zero-order chi connectivity index (χ0) is 18.6. The molecule has 0 aliphatic carbocycles. The minimum atomic E-state index is -4.01. The third-order valence-electron chi connectivity index (χ3n) is 3.56. The lowest BCUT2D eigenvalue weighted by atomic mass is 10.1. The summed E-state index contributed by atoms with van der Waals surface area (Å²) in [5.41, 5.74) is 3.06. The highest BCUT2D eigenvalue weighted by molar-refractivity contribution is 7.98. The first kappa shape index (κ1) is 18.4. The molecule has 0 bridgehead atoms. The quantitative estimate of drug-likeness (QED) is 0.622. The molecule has 9 heteroatoms. The Hall–Kier alpha value is -2.36. The average Bonchev–Trinajstić information content (AvgIpc) is 3.07. The van der Waals surface area contributed by atoms with Crippen LogP contribution in [0.4, 0.5) is 0 Å². The lowest BCUT2D eigenvalue weighted by molar-refractivity contribution is 0.485. The number of nitrogens with two attached hydrogens (primary N) is 1. The van der Waals surface area contributed by atoms with E-state index >= 15 is 0 Å². The SMILES string of the molecule is Cc1cc(SCc2cccc(Cn3cncn3)c2)ccc1OS(N)(=O)=O.